The quantitative estimate of drug-likeness (QED) is 0.0244. The summed E-state index contributed by atoms with van der Waals surface area (Å²) in [6.45, 7) is 4.86. The van der Waals surface area contributed by atoms with Gasteiger partial charge in [-0.3, -0.25) is 9.59 Å². The van der Waals surface area contributed by atoms with Crippen molar-refractivity contribution in [3.05, 3.63) is 36.5 Å². The predicted molar refractivity (Wildman–Crippen MR) is 283 cm³/mol. The summed E-state index contributed by atoms with van der Waals surface area (Å²) in [7, 11) is 0. The molecule has 0 aliphatic heterocycles. The third-order valence-corrected chi connectivity index (χ3v) is 13.2. The lowest BCUT2D eigenvalue weighted by atomic mass is 10.0. The summed E-state index contributed by atoms with van der Waals surface area (Å²) >= 11 is 0. The van der Waals surface area contributed by atoms with Crippen LogP contribution in [0.3, 0.4) is 0 Å². The van der Waals surface area contributed by atoms with Crippen molar-refractivity contribution in [2.45, 2.75) is 315 Å². The first-order chi connectivity index (χ1) is 32.0. The molecule has 6 heteroatoms. The number of carbonyl (C=O) groups excluding carboxylic acids is 2. The maximum absolute atomic E-state index is 12.5. The number of ether oxygens (including phenoxy) is 1. The van der Waals surface area contributed by atoms with Crippen LogP contribution < -0.4 is 5.32 Å². The Hall–Kier alpha value is -1.92. The van der Waals surface area contributed by atoms with E-state index < -0.39 is 12.1 Å². The largest absolute Gasteiger partial charge is 0.466 e. The third-order valence-electron chi connectivity index (χ3n) is 13.2. The van der Waals surface area contributed by atoms with Crippen molar-refractivity contribution in [1.82, 2.24) is 5.32 Å². The molecule has 0 saturated carbocycles. The molecule has 0 rings (SSSR count). The molecule has 65 heavy (non-hydrogen) atoms. The number of carbonyl (C=O) groups is 2. The maximum Gasteiger partial charge on any atom is 0.305 e. The minimum atomic E-state index is -0.859. The number of hydrogen-bond acceptors (Lipinski definition) is 5. The molecule has 0 heterocycles. The molecule has 6 nitrogen and oxygen atoms in total. The fourth-order valence-corrected chi connectivity index (χ4v) is 8.74. The lowest BCUT2D eigenvalue weighted by Crippen LogP contribution is -2.45. The van der Waals surface area contributed by atoms with Crippen molar-refractivity contribution in [2.24, 2.45) is 0 Å². The summed E-state index contributed by atoms with van der Waals surface area (Å²) < 4.78 is 5.45. The number of rotatable bonds is 53. The second-order valence-electron chi connectivity index (χ2n) is 19.7. The van der Waals surface area contributed by atoms with E-state index in [1.807, 2.05) is 6.08 Å². The zero-order valence-electron chi connectivity index (χ0n) is 43.5. The van der Waals surface area contributed by atoms with Crippen molar-refractivity contribution in [2.75, 3.05) is 13.2 Å². The minimum absolute atomic E-state index is 0.0206. The molecule has 2 atom stereocenters. The number of unbranched alkanes of at least 4 members (excludes halogenated alkanes) is 39. The van der Waals surface area contributed by atoms with Crippen LogP contribution in [-0.4, -0.2) is 47.4 Å². The smallest absolute Gasteiger partial charge is 0.305 e. The van der Waals surface area contributed by atoms with Gasteiger partial charge in [-0.2, -0.15) is 0 Å². The van der Waals surface area contributed by atoms with Crippen LogP contribution in [0.1, 0.15) is 303 Å². The first kappa shape index (κ1) is 63.1. The van der Waals surface area contributed by atoms with E-state index in [9.17, 15) is 19.8 Å². The molecule has 0 spiro atoms. The highest BCUT2D eigenvalue weighted by Crippen LogP contribution is 2.16. The zero-order valence-corrected chi connectivity index (χ0v) is 43.5. The van der Waals surface area contributed by atoms with Crippen molar-refractivity contribution in [3.63, 3.8) is 0 Å². The van der Waals surface area contributed by atoms with E-state index in [4.69, 9.17) is 4.74 Å². The topological polar surface area (TPSA) is 95.9 Å². The van der Waals surface area contributed by atoms with Gasteiger partial charge in [0.05, 0.1) is 25.4 Å². The molecule has 0 aromatic rings. The molecule has 3 N–H and O–H groups in total. The van der Waals surface area contributed by atoms with Crippen molar-refractivity contribution in [3.8, 4) is 0 Å². The van der Waals surface area contributed by atoms with Gasteiger partial charge < -0.3 is 20.3 Å². The van der Waals surface area contributed by atoms with E-state index in [1.54, 1.807) is 6.08 Å². The van der Waals surface area contributed by atoms with Gasteiger partial charge in [-0.05, 0) is 64.2 Å². The van der Waals surface area contributed by atoms with Gasteiger partial charge in [0.15, 0.2) is 0 Å². The van der Waals surface area contributed by atoms with Gasteiger partial charge >= 0.3 is 5.97 Å². The Morgan fingerprint density at radius 2 is 0.754 bits per heavy atom. The highest BCUT2D eigenvalue weighted by molar-refractivity contribution is 5.76. The second-order valence-corrected chi connectivity index (χ2v) is 19.7. The number of amides is 1. The summed E-state index contributed by atoms with van der Waals surface area (Å²) in [5, 5.41) is 23.1. The van der Waals surface area contributed by atoms with E-state index in [2.05, 4.69) is 43.5 Å². The summed E-state index contributed by atoms with van der Waals surface area (Å²) in [4.78, 5) is 24.5. The molecule has 382 valence electrons. The zero-order chi connectivity index (χ0) is 47.2. The molecule has 0 aliphatic carbocycles. The first-order valence-corrected chi connectivity index (χ1v) is 28.8. The van der Waals surface area contributed by atoms with Crippen LogP contribution in [0.25, 0.3) is 0 Å². The number of aliphatic hydroxyl groups excluding tert-OH is 2. The van der Waals surface area contributed by atoms with E-state index in [1.165, 1.54) is 199 Å². The van der Waals surface area contributed by atoms with Crippen molar-refractivity contribution in [1.29, 1.82) is 0 Å². The molecule has 0 aromatic heterocycles. The molecule has 0 radical (unpaired) electrons. The number of esters is 1. The van der Waals surface area contributed by atoms with Crippen LogP contribution in [0.2, 0.25) is 0 Å². The summed E-state index contributed by atoms with van der Waals surface area (Å²) in [6, 6.07) is -0.645. The Bertz CT molecular complexity index is 1060. The van der Waals surface area contributed by atoms with Gasteiger partial charge in [0.25, 0.3) is 0 Å². The minimum Gasteiger partial charge on any atom is -0.466 e. The van der Waals surface area contributed by atoms with Gasteiger partial charge in [-0.25, -0.2) is 0 Å². The Balaban J connectivity index is 3.55. The van der Waals surface area contributed by atoms with Gasteiger partial charge in [-0.1, -0.05) is 262 Å². The third kappa shape index (κ3) is 51.3. The molecule has 0 aliphatic rings. The van der Waals surface area contributed by atoms with Gasteiger partial charge in [0, 0.05) is 12.8 Å². The van der Waals surface area contributed by atoms with Crippen LogP contribution in [-0.2, 0) is 14.3 Å². The average Bonchev–Trinajstić information content (AvgIpc) is 3.31. The van der Waals surface area contributed by atoms with Gasteiger partial charge in [-0.15, -0.1) is 0 Å². The fraction of sp³-hybridized carbons (Fsp3) is 0.864. The highest BCUT2D eigenvalue weighted by Gasteiger charge is 2.18. The Kier molecular flexibility index (Phi) is 53.1. The SMILES string of the molecule is CCCCCCCCCCCCCCCCCCC/C=C/C(O)C(CO)NC(=O)CCCCCCCC/C=C\C=C/CCCCCOC(=O)CCCCCCCCCCCCCCCC. The number of nitrogens with one attached hydrogen (secondary N) is 1. The summed E-state index contributed by atoms with van der Waals surface area (Å²) in [6.07, 6.45) is 67.3. The van der Waals surface area contributed by atoms with Gasteiger partial charge in [0.1, 0.15) is 0 Å². The Labute approximate surface area is 404 Å². The Morgan fingerprint density at radius 3 is 1.14 bits per heavy atom. The maximum atomic E-state index is 12.5. The lowest BCUT2D eigenvalue weighted by Gasteiger charge is -2.20. The van der Waals surface area contributed by atoms with Crippen LogP contribution in [0.15, 0.2) is 36.5 Å². The lowest BCUT2D eigenvalue weighted by molar-refractivity contribution is -0.143. The molecular formula is C59H111NO5. The Morgan fingerprint density at radius 1 is 0.431 bits per heavy atom. The van der Waals surface area contributed by atoms with Crippen molar-refractivity contribution >= 4 is 11.9 Å². The average molecular weight is 915 g/mol. The molecule has 0 fully saturated rings. The summed E-state index contributed by atoms with van der Waals surface area (Å²) in [5.74, 6) is -0.109. The first-order valence-electron chi connectivity index (χ1n) is 28.8. The molecule has 0 bridgehead atoms. The van der Waals surface area contributed by atoms with Gasteiger partial charge in [0.2, 0.25) is 5.91 Å². The number of aliphatic hydroxyl groups is 2. The monoisotopic (exact) mass is 914 g/mol. The standard InChI is InChI=1S/C59H111NO5/c1-3-5-7-9-11-13-15-17-19-20-21-22-24-27-31-35-39-43-47-51-57(62)56(55-61)60-58(63)52-48-44-40-36-32-28-25-23-26-30-34-38-42-46-50-54-65-59(64)53-49-45-41-37-33-29-18-16-14-12-10-8-6-4-2/h23,26,30,34,47,51,56-57,61-62H,3-22,24-25,27-29,31-33,35-46,48-50,52-55H2,1-2H3,(H,60,63)/b26-23-,34-30-,51-47+. The van der Waals surface area contributed by atoms with E-state index >= 15 is 0 Å². The molecule has 1 amide bonds. The molecule has 2 unspecified atom stereocenters. The van der Waals surface area contributed by atoms with Crippen LogP contribution >= 0.6 is 0 Å². The molecular weight excluding hydrogens is 803 g/mol. The normalized spacial score (nSPS) is 12.9. The van der Waals surface area contributed by atoms with Crippen LogP contribution in [0, 0.1) is 0 Å². The van der Waals surface area contributed by atoms with E-state index in [-0.39, 0.29) is 18.5 Å². The van der Waals surface area contributed by atoms with Crippen LogP contribution in [0.5, 0.6) is 0 Å². The summed E-state index contributed by atoms with van der Waals surface area (Å²) in [5.41, 5.74) is 0. The van der Waals surface area contributed by atoms with E-state index in [0.717, 1.165) is 77.0 Å². The van der Waals surface area contributed by atoms with Crippen molar-refractivity contribution < 1.29 is 24.5 Å². The van der Waals surface area contributed by atoms with E-state index in [0.29, 0.717) is 19.4 Å². The highest BCUT2D eigenvalue weighted by atomic mass is 16.5. The second kappa shape index (κ2) is 54.7. The molecule has 0 saturated heterocycles. The van der Waals surface area contributed by atoms with Crippen LogP contribution in [0.4, 0.5) is 0 Å². The fourth-order valence-electron chi connectivity index (χ4n) is 8.74. The predicted octanol–water partition coefficient (Wildman–Crippen LogP) is 17.6. The molecule has 0 aromatic carbocycles. The number of allylic oxidation sites excluding steroid dienone is 5. The number of hydrogen-bond donors (Lipinski definition) is 3.